The third kappa shape index (κ3) is 4.26. The first kappa shape index (κ1) is 15.4. The molecule has 1 N–H and O–H groups in total. The van der Waals surface area contributed by atoms with E-state index >= 15 is 0 Å². The predicted octanol–water partition coefficient (Wildman–Crippen LogP) is 1.99. The maximum absolute atomic E-state index is 12.2. The van der Waals surface area contributed by atoms with Gasteiger partial charge in [-0.05, 0) is 19.1 Å². The van der Waals surface area contributed by atoms with Crippen molar-refractivity contribution in [1.29, 1.82) is 0 Å². The van der Waals surface area contributed by atoms with E-state index in [-0.39, 0.29) is 11.7 Å². The van der Waals surface area contributed by atoms with Crippen LogP contribution in [0.25, 0.3) is 11.0 Å². The number of nitrogens with one attached hydrogen (secondary N) is 1. The number of rotatable bonds is 6. The third-order valence-corrected chi connectivity index (χ3v) is 3.82. The molecule has 1 heterocycles. The number of nitrogens with zero attached hydrogens (tertiary/aromatic N) is 2. The lowest BCUT2D eigenvalue weighted by molar-refractivity contribution is -0.118. The molecule has 1 aromatic heterocycles. The van der Waals surface area contributed by atoms with Crippen LogP contribution in [0, 0.1) is 6.92 Å². The van der Waals surface area contributed by atoms with Crippen LogP contribution in [0.1, 0.15) is 23.1 Å². The Balaban J connectivity index is 1.99. The van der Waals surface area contributed by atoms with Gasteiger partial charge in [0.25, 0.3) is 0 Å². The number of carbonyl (C=O) groups excluding carboxylic acids is 2. The second-order valence-corrected chi connectivity index (χ2v) is 5.71. The van der Waals surface area contributed by atoms with E-state index in [9.17, 15) is 9.59 Å². The Morgan fingerprint density at radius 1 is 1.19 bits per heavy atom. The molecule has 0 aliphatic rings. The fourth-order valence-electron chi connectivity index (χ4n) is 1.88. The van der Waals surface area contributed by atoms with Crippen LogP contribution >= 0.6 is 11.8 Å². The number of aryl methyl sites for hydroxylation is 1. The summed E-state index contributed by atoms with van der Waals surface area (Å²) in [5.74, 6) is 0.954. The van der Waals surface area contributed by atoms with Gasteiger partial charge in [0, 0.05) is 19.2 Å². The van der Waals surface area contributed by atoms with Crippen molar-refractivity contribution in [3.05, 3.63) is 35.7 Å². The number of aromatic nitrogens is 2. The zero-order valence-corrected chi connectivity index (χ0v) is 12.9. The molecule has 0 saturated carbocycles. The van der Waals surface area contributed by atoms with Gasteiger partial charge in [0.1, 0.15) is 5.69 Å². The summed E-state index contributed by atoms with van der Waals surface area (Å²) >= 11 is 1.48. The van der Waals surface area contributed by atoms with E-state index < -0.39 is 0 Å². The van der Waals surface area contributed by atoms with Crippen molar-refractivity contribution in [1.82, 2.24) is 15.3 Å². The molecule has 0 aliphatic heterocycles. The first-order valence-corrected chi connectivity index (χ1v) is 7.82. The number of hydrogen-bond acceptors (Lipinski definition) is 5. The maximum atomic E-state index is 12.2. The molecule has 1 aromatic carbocycles. The Bertz CT molecular complexity index is 673. The van der Waals surface area contributed by atoms with Crippen molar-refractivity contribution in [2.75, 3.05) is 18.1 Å². The fraction of sp³-hybridized carbons (Fsp3) is 0.333. The van der Waals surface area contributed by atoms with Crippen molar-refractivity contribution in [2.45, 2.75) is 13.8 Å². The molecule has 6 heteroatoms. The van der Waals surface area contributed by atoms with E-state index in [0.717, 1.165) is 11.0 Å². The highest BCUT2D eigenvalue weighted by atomic mass is 32.2. The normalized spacial score (nSPS) is 10.6. The summed E-state index contributed by atoms with van der Waals surface area (Å²) in [6.07, 6.45) is 0. The van der Waals surface area contributed by atoms with Gasteiger partial charge in [-0.15, -0.1) is 0 Å². The molecule has 0 bridgehead atoms. The van der Waals surface area contributed by atoms with Crippen molar-refractivity contribution < 1.29 is 9.59 Å². The number of benzene rings is 1. The number of carbonyl (C=O) groups is 2. The van der Waals surface area contributed by atoms with Gasteiger partial charge in [0.2, 0.25) is 5.91 Å². The minimum absolute atomic E-state index is 0.0291. The minimum atomic E-state index is -0.0573. The van der Waals surface area contributed by atoms with E-state index in [4.69, 9.17) is 0 Å². The third-order valence-electron chi connectivity index (χ3n) is 2.86. The molecular weight excluding hydrogens is 286 g/mol. The monoisotopic (exact) mass is 303 g/mol. The van der Waals surface area contributed by atoms with Gasteiger partial charge in [0.15, 0.2) is 5.78 Å². The van der Waals surface area contributed by atoms with Crippen LogP contribution in [-0.4, -0.2) is 39.7 Å². The van der Waals surface area contributed by atoms with Crippen LogP contribution in [0.3, 0.4) is 0 Å². The summed E-state index contributed by atoms with van der Waals surface area (Å²) in [6, 6.07) is 7.51. The molecular formula is C15H17N3O2S. The average molecular weight is 303 g/mol. The van der Waals surface area contributed by atoms with Gasteiger partial charge in [-0.25, -0.2) is 9.97 Å². The van der Waals surface area contributed by atoms with Gasteiger partial charge in [-0.3, -0.25) is 9.59 Å². The summed E-state index contributed by atoms with van der Waals surface area (Å²) in [7, 11) is 0. The van der Waals surface area contributed by atoms with Crippen molar-refractivity contribution in [3.63, 3.8) is 0 Å². The average Bonchev–Trinajstić information content (AvgIpc) is 2.45. The van der Waals surface area contributed by atoms with Gasteiger partial charge in [-0.1, -0.05) is 12.1 Å². The van der Waals surface area contributed by atoms with Crippen LogP contribution in [0.4, 0.5) is 0 Å². The Hall–Kier alpha value is -1.95. The van der Waals surface area contributed by atoms with E-state index in [1.54, 1.807) is 6.92 Å². The van der Waals surface area contributed by atoms with Gasteiger partial charge in [0.05, 0.1) is 22.5 Å². The van der Waals surface area contributed by atoms with Gasteiger partial charge in [-0.2, -0.15) is 11.8 Å². The molecule has 0 atom stereocenters. The van der Waals surface area contributed by atoms with Gasteiger partial charge >= 0.3 is 0 Å². The molecule has 21 heavy (non-hydrogen) atoms. The van der Waals surface area contributed by atoms with Crippen LogP contribution < -0.4 is 5.32 Å². The lowest BCUT2D eigenvalue weighted by Crippen LogP contribution is -2.22. The van der Waals surface area contributed by atoms with E-state index in [1.165, 1.54) is 18.7 Å². The Morgan fingerprint density at radius 2 is 1.86 bits per heavy atom. The van der Waals surface area contributed by atoms with E-state index in [2.05, 4.69) is 15.3 Å². The SMILES string of the molecule is CC(=O)NCCSCC(=O)c1nc2ccccc2nc1C. The molecule has 0 radical (unpaired) electrons. The molecule has 0 unspecified atom stereocenters. The van der Waals surface area contributed by atoms with Crippen molar-refractivity contribution in [3.8, 4) is 0 Å². The van der Waals surface area contributed by atoms with E-state index in [1.807, 2.05) is 24.3 Å². The van der Waals surface area contributed by atoms with Crippen molar-refractivity contribution >= 4 is 34.5 Å². The lowest BCUT2D eigenvalue weighted by Gasteiger charge is -2.06. The zero-order chi connectivity index (χ0) is 15.2. The topological polar surface area (TPSA) is 72.0 Å². The number of hydrogen-bond donors (Lipinski definition) is 1. The molecule has 0 spiro atoms. The minimum Gasteiger partial charge on any atom is -0.356 e. The zero-order valence-electron chi connectivity index (χ0n) is 12.0. The molecule has 0 saturated heterocycles. The number of Topliss-reactive ketones (excluding diaryl/α,β-unsaturated/α-hetero) is 1. The second kappa shape index (κ2) is 7.17. The van der Waals surface area contributed by atoms with Crippen molar-refractivity contribution in [2.24, 2.45) is 0 Å². The molecule has 110 valence electrons. The Labute approximate surface area is 127 Å². The standard InChI is InChI=1S/C15H17N3O2S/c1-10-15(14(20)9-21-8-7-16-11(2)19)18-13-6-4-3-5-12(13)17-10/h3-6H,7-9H2,1-2H3,(H,16,19). The highest BCUT2D eigenvalue weighted by molar-refractivity contribution is 8.00. The molecule has 2 aromatic rings. The smallest absolute Gasteiger partial charge is 0.216 e. The predicted molar refractivity (Wildman–Crippen MR) is 84.6 cm³/mol. The summed E-state index contributed by atoms with van der Waals surface area (Å²) in [5.41, 5.74) is 2.61. The summed E-state index contributed by atoms with van der Waals surface area (Å²) < 4.78 is 0. The number of ketones is 1. The maximum Gasteiger partial charge on any atom is 0.216 e. The second-order valence-electron chi connectivity index (χ2n) is 4.61. The molecule has 0 fully saturated rings. The Morgan fingerprint density at radius 3 is 2.52 bits per heavy atom. The number of para-hydroxylation sites is 2. The highest BCUT2D eigenvalue weighted by Gasteiger charge is 2.13. The number of fused-ring (bicyclic) bond motifs is 1. The van der Waals surface area contributed by atoms with Crippen LogP contribution in [0.5, 0.6) is 0 Å². The highest BCUT2D eigenvalue weighted by Crippen LogP contribution is 2.14. The molecule has 5 nitrogen and oxygen atoms in total. The first-order valence-electron chi connectivity index (χ1n) is 6.66. The first-order chi connectivity index (χ1) is 10.1. The van der Waals surface area contributed by atoms with Crippen LogP contribution in [0.15, 0.2) is 24.3 Å². The Kier molecular flexibility index (Phi) is 5.27. The number of thioether (sulfide) groups is 1. The summed E-state index contributed by atoms with van der Waals surface area (Å²) in [5, 5.41) is 2.70. The summed E-state index contributed by atoms with van der Waals surface area (Å²) in [6.45, 7) is 3.84. The molecule has 1 amide bonds. The fourth-order valence-corrected chi connectivity index (χ4v) is 2.60. The quantitative estimate of drug-likeness (QED) is 0.652. The van der Waals surface area contributed by atoms with Crippen LogP contribution in [-0.2, 0) is 4.79 Å². The van der Waals surface area contributed by atoms with Gasteiger partial charge < -0.3 is 5.32 Å². The number of amides is 1. The molecule has 0 aliphatic carbocycles. The lowest BCUT2D eigenvalue weighted by atomic mass is 10.2. The van der Waals surface area contributed by atoms with Crippen LogP contribution in [0.2, 0.25) is 0 Å². The largest absolute Gasteiger partial charge is 0.356 e. The molecule has 2 rings (SSSR count). The van der Waals surface area contributed by atoms with E-state index in [0.29, 0.717) is 29.4 Å². The summed E-state index contributed by atoms with van der Waals surface area (Å²) in [4.78, 5) is 31.7.